The van der Waals surface area contributed by atoms with Gasteiger partial charge in [0.2, 0.25) is 0 Å². The van der Waals surface area contributed by atoms with Crippen molar-refractivity contribution in [1.82, 2.24) is 0 Å². The summed E-state index contributed by atoms with van der Waals surface area (Å²) in [5.74, 6) is -0.198. The molecule has 0 saturated carbocycles. The molecular formula is C11H10O2. The smallest absolute Gasteiger partial charge is 0.338 e. The third-order valence-electron chi connectivity index (χ3n) is 2.16. The number of esters is 1. The Morgan fingerprint density at radius 1 is 1.31 bits per heavy atom. The Morgan fingerprint density at radius 2 is 2.00 bits per heavy atom. The maximum atomic E-state index is 11.0. The van der Waals surface area contributed by atoms with Crippen molar-refractivity contribution in [2.45, 2.75) is 13.0 Å². The lowest BCUT2D eigenvalue weighted by Gasteiger charge is -2.28. The van der Waals surface area contributed by atoms with Crippen molar-refractivity contribution in [3.63, 3.8) is 0 Å². The zero-order valence-corrected chi connectivity index (χ0v) is 7.36. The van der Waals surface area contributed by atoms with Gasteiger partial charge < -0.3 is 4.74 Å². The van der Waals surface area contributed by atoms with Crippen LogP contribution in [0.2, 0.25) is 0 Å². The molecule has 2 heteroatoms. The molecule has 0 aliphatic carbocycles. The second-order valence-electron chi connectivity index (χ2n) is 2.94. The van der Waals surface area contributed by atoms with Crippen LogP contribution < -0.4 is 0 Å². The van der Waals surface area contributed by atoms with E-state index < -0.39 is 0 Å². The molecule has 1 aliphatic heterocycles. The predicted molar refractivity (Wildman–Crippen MR) is 49.0 cm³/mol. The molecule has 1 heterocycles. The minimum Gasteiger partial charge on any atom is -0.449 e. The van der Waals surface area contributed by atoms with Gasteiger partial charge in [-0.15, -0.1) is 0 Å². The van der Waals surface area contributed by atoms with E-state index in [2.05, 4.69) is 0 Å². The Kier molecular flexibility index (Phi) is 1.89. The molecule has 0 aromatic heterocycles. The zero-order chi connectivity index (χ0) is 9.26. The van der Waals surface area contributed by atoms with Crippen molar-refractivity contribution in [2.24, 2.45) is 0 Å². The molecule has 2 rings (SSSR count). The highest BCUT2D eigenvalue weighted by Crippen LogP contribution is 2.35. The zero-order valence-electron chi connectivity index (χ0n) is 7.36. The Balaban J connectivity index is 2.26. The molecule has 66 valence electrons. The summed E-state index contributed by atoms with van der Waals surface area (Å²) in [5, 5.41) is 0. The van der Waals surface area contributed by atoms with Crippen LogP contribution >= 0.6 is 0 Å². The van der Waals surface area contributed by atoms with Gasteiger partial charge in [0.25, 0.3) is 0 Å². The average molecular weight is 174 g/mol. The van der Waals surface area contributed by atoms with Crippen LogP contribution in [0.25, 0.3) is 0 Å². The molecule has 1 atom stereocenters. The summed E-state index contributed by atoms with van der Waals surface area (Å²) in [6.45, 7) is 1.85. The average Bonchev–Trinajstić information content (AvgIpc) is 2.16. The quantitative estimate of drug-likeness (QED) is 0.482. The minimum atomic E-state index is -0.198. The highest BCUT2D eigenvalue weighted by atomic mass is 16.6. The van der Waals surface area contributed by atoms with Crippen molar-refractivity contribution >= 4 is 5.97 Å². The molecule has 1 saturated heterocycles. The predicted octanol–water partition coefficient (Wildman–Crippen LogP) is 2.23. The lowest BCUT2D eigenvalue weighted by atomic mass is 9.97. The summed E-state index contributed by atoms with van der Waals surface area (Å²) in [7, 11) is 0. The first-order valence-corrected chi connectivity index (χ1v) is 4.25. The van der Waals surface area contributed by atoms with E-state index in [1.165, 1.54) is 0 Å². The van der Waals surface area contributed by atoms with Crippen LogP contribution in [0.3, 0.4) is 0 Å². The van der Waals surface area contributed by atoms with Gasteiger partial charge >= 0.3 is 5.97 Å². The monoisotopic (exact) mass is 174 g/mol. The van der Waals surface area contributed by atoms with Gasteiger partial charge in [-0.2, -0.15) is 0 Å². The maximum Gasteiger partial charge on any atom is 0.338 e. The Bertz CT molecular complexity index is 352. The Morgan fingerprint density at radius 3 is 2.54 bits per heavy atom. The molecule has 0 spiro atoms. The first-order valence-electron chi connectivity index (χ1n) is 4.25. The third-order valence-corrected chi connectivity index (χ3v) is 2.16. The van der Waals surface area contributed by atoms with E-state index in [9.17, 15) is 4.79 Å². The fourth-order valence-electron chi connectivity index (χ4n) is 1.43. The van der Waals surface area contributed by atoms with Crippen molar-refractivity contribution in [1.29, 1.82) is 0 Å². The van der Waals surface area contributed by atoms with Gasteiger partial charge in [0, 0.05) is 0 Å². The number of hydrogen-bond acceptors (Lipinski definition) is 2. The minimum absolute atomic E-state index is 0.140. The number of hydrogen-bond donors (Lipinski definition) is 0. The lowest BCUT2D eigenvalue weighted by molar-refractivity contribution is -0.156. The second kappa shape index (κ2) is 3.05. The summed E-state index contributed by atoms with van der Waals surface area (Å²) in [6, 6.07) is 9.74. The molecule has 0 amide bonds. The van der Waals surface area contributed by atoms with E-state index >= 15 is 0 Å². The molecule has 1 aromatic carbocycles. The fourth-order valence-corrected chi connectivity index (χ4v) is 1.43. The normalized spacial score (nSPS) is 23.9. The standard InChI is InChI=1S/C11H10O2/c1-2-9-10(13-11(9)12)8-6-4-3-5-7-8/h2-7,10H,1H3/b9-2-. The third kappa shape index (κ3) is 1.24. The number of carbonyl (C=O) groups excluding carboxylic acids is 1. The highest BCUT2D eigenvalue weighted by Gasteiger charge is 2.35. The van der Waals surface area contributed by atoms with E-state index in [1.807, 2.05) is 43.3 Å². The topological polar surface area (TPSA) is 26.3 Å². The Labute approximate surface area is 76.8 Å². The largest absolute Gasteiger partial charge is 0.449 e. The van der Waals surface area contributed by atoms with Crippen LogP contribution in [0.5, 0.6) is 0 Å². The van der Waals surface area contributed by atoms with Gasteiger partial charge in [0.1, 0.15) is 0 Å². The fraction of sp³-hybridized carbons (Fsp3) is 0.182. The maximum absolute atomic E-state index is 11.0. The van der Waals surface area contributed by atoms with Crippen LogP contribution in [0.15, 0.2) is 42.0 Å². The van der Waals surface area contributed by atoms with Gasteiger partial charge in [-0.1, -0.05) is 36.4 Å². The molecule has 2 nitrogen and oxygen atoms in total. The summed E-state index contributed by atoms with van der Waals surface area (Å²) < 4.78 is 5.02. The summed E-state index contributed by atoms with van der Waals surface area (Å²) in [4.78, 5) is 11.0. The highest BCUT2D eigenvalue weighted by molar-refractivity contribution is 5.95. The molecule has 0 bridgehead atoms. The van der Waals surface area contributed by atoms with Crippen LogP contribution in [-0.4, -0.2) is 5.97 Å². The van der Waals surface area contributed by atoms with Crippen LogP contribution in [-0.2, 0) is 9.53 Å². The summed E-state index contributed by atoms with van der Waals surface area (Å²) >= 11 is 0. The molecule has 0 radical (unpaired) electrons. The van der Waals surface area contributed by atoms with Crippen molar-refractivity contribution in [3.05, 3.63) is 47.5 Å². The van der Waals surface area contributed by atoms with Crippen molar-refractivity contribution < 1.29 is 9.53 Å². The van der Waals surface area contributed by atoms with Gasteiger partial charge in [-0.25, -0.2) is 4.79 Å². The number of rotatable bonds is 1. The molecular weight excluding hydrogens is 164 g/mol. The van der Waals surface area contributed by atoms with Gasteiger partial charge in [-0.05, 0) is 12.5 Å². The van der Waals surface area contributed by atoms with E-state index in [-0.39, 0.29) is 12.1 Å². The van der Waals surface area contributed by atoms with E-state index in [4.69, 9.17) is 4.74 Å². The molecule has 1 aliphatic rings. The molecule has 13 heavy (non-hydrogen) atoms. The molecule has 0 N–H and O–H groups in total. The number of allylic oxidation sites excluding steroid dienone is 1. The van der Waals surface area contributed by atoms with Crippen LogP contribution in [0.1, 0.15) is 18.6 Å². The van der Waals surface area contributed by atoms with Crippen molar-refractivity contribution in [3.8, 4) is 0 Å². The number of cyclic esters (lactones) is 1. The van der Waals surface area contributed by atoms with Crippen molar-refractivity contribution in [2.75, 3.05) is 0 Å². The van der Waals surface area contributed by atoms with E-state index in [0.717, 1.165) is 11.1 Å². The van der Waals surface area contributed by atoms with Gasteiger partial charge in [0.15, 0.2) is 6.10 Å². The van der Waals surface area contributed by atoms with Gasteiger partial charge in [0.05, 0.1) is 5.57 Å². The number of benzene rings is 1. The molecule has 1 fully saturated rings. The van der Waals surface area contributed by atoms with Crippen LogP contribution in [0.4, 0.5) is 0 Å². The summed E-state index contributed by atoms with van der Waals surface area (Å²) in [5.41, 5.74) is 1.79. The summed E-state index contributed by atoms with van der Waals surface area (Å²) in [6.07, 6.45) is 1.67. The van der Waals surface area contributed by atoms with Gasteiger partial charge in [-0.3, -0.25) is 0 Å². The lowest BCUT2D eigenvalue weighted by Crippen LogP contribution is -2.29. The molecule has 1 aromatic rings. The van der Waals surface area contributed by atoms with E-state index in [0.29, 0.717) is 0 Å². The van der Waals surface area contributed by atoms with Crippen LogP contribution in [0, 0.1) is 0 Å². The number of carbonyl (C=O) groups is 1. The van der Waals surface area contributed by atoms with E-state index in [1.54, 1.807) is 0 Å². The SMILES string of the molecule is C/C=C1\C(=O)OC1c1ccccc1. The second-order valence-corrected chi connectivity index (χ2v) is 2.94. The first kappa shape index (κ1) is 8.05. The Hall–Kier alpha value is -1.57. The number of ether oxygens (including phenoxy) is 1. The molecule has 1 unspecified atom stereocenters. The first-order chi connectivity index (χ1) is 6.33.